The summed E-state index contributed by atoms with van der Waals surface area (Å²) >= 11 is 6.07. The maximum Gasteiger partial charge on any atom is 0.263 e. The van der Waals surface area contributed by atoms with Gasteiger partial charge in [0.05, 0.1) is 19.2 Å². The average Bonchev–Trinajstić information content (AvgIpc) is 3.14. The minimum Gasteiger partial charge on any atom is -0.497 e. The molecule has 160 valence electrons. The maximum atomic E-state index is 12.8. The van der Waals surface area contributed by atoms with E-state index in [9.17, 15) is 8.42 Å². The van der Waals surface area contributed by atoms with Crippen LogP contribution in [0.5, 0.6) is 11.6 Å². The number of halogens is 1. The van der Waals surface area contributed by atoms with Crippen LogP contribution >= 0.6 is 11.6 Å². The van der Waals surface area contributed by atoms with Gasteiger partial charge < -0.3 is 15.2 Å². The van der Waals surface area contributed by atoms with Crippen molar-refractivity contribution >= 4 is 44.2 Å². The molecule has 31 heavy (non-hydrogen) atoms. The highest BCUT2D eigenvalue weighted by Gasteiger charge is 2.20. The van der Waals surface area contributed by atoms with E-state index in [1.54, 1.807) is 30.3 Å². The Kier molecular flexibility index (Phi) is 5.29. The number of rotatable bonds is 6. The van der Waals surface area contributed by atoms with E-state index in [1.807, 2.05) is 0 Å². The van der Waals surface area contributed by atoms with Gasteiger partial charge >= 0.3 is 0 Å². The lowest BCUT2D eigenvalue weighted by atomic mass is 10.2. The summed E-state index contributed by atoms with van der Waals surface area (Å²) in [6.45, 7) is 0. The van der Waals surface area contributed by atoms with E-state index in [4.69, 9.17) is 26.8 Å². The van der Waals surface area contributed by atoms with Crippen molar-refractivity contribution in [2.45, 2.75) is 4.90 Å². The van der Waals surface area contributed by atoms with Crippen molar-refractivity contribution < 1.29 is 17.9 Å². The lowest BCUT2D eigenvalue weighted by molar-refractivity contribution is 0.403. The van der Waals surface area contributed by atoms with Crippen molar-refractivity contribution in [2.24, 2.45) is 0 Å². The van der Waals surface area contributed by atoms with E-state index in [-0.39, 0.29) is 15.8 Å². The highest BCUT2D eigenvalue weighted by molar-refractivity contribution is 7.92. The van der Waals surface area contributed by atoms with Crippen LogP contribution in [0.3, 0.4) is 0 Å². The second kappa shape index (κ2) is 7.93. The van der Waals surface area contributed by atoms with Crippen molar-refractivity contribution in [3.05, 3.63) is 47.5 Å². The van der Waals surface area contributed by atoms with Crippen LogP contribution in [0, 0.1) is 0 Å². The van der Waals surface area contributed by atoms with Crippen LogP contribution in [0.15, 0.2) is 47.4 Å². The Hall–Kier alpha value is -3.57. The number of aromatic amines is 1. The Labute approximate surface area is 182 Å². The first-order valence-corrected chi connectivity index (χ1v) is 10.7. The number of hydrogen-bond acceptors (Lipinski definition) is 8. The molecule has 2 aromatic carbocycles. The number of nitrogen functional groups attached to an aromatic ring is 1. The summed E-state index contributed by atoms with van der Waals surface area (Å²) in [5.74, 6) is 1.31. The van der Waals surface area contributed by atoms with Crippen molar-refractivity contribution in [1.29, 1.82) is 0 Å². The number of anilines is 2. The number of aromatic nitrogens is 4. The Morgan fingerprint density at radius 3 is 2.48 bits per heavy atom. The molecule has 0 bridgehead atoms. The Bertz CT molecular complexity index is 1370. The zero-order chi connectivity index (χ0) is 22.2. The van der Waals surface area contributed by atoms with E-state index in [0.717, 1.165) is 0 Å². The molecule has 0 aliphatic carbocycles. The van der Waals surface area contributed by atoms with Crippen LogP contribution < -0.4 is 19.9 Å². The molecule has 0 unspecified atom stereocenters. The number of nitrogens with zero attached hydrogens (tertiary/aromatic N) is 3. The fourth-order valence-corrected chi connectivity index (χ4v) is 4.48. The summed E-state index contributed by atoms with van der Waals surface area (Å²) in [5.41, 5.74) is 7.16. The molecule has 0 saturated heterocycles. The summed E-state index contributed by atoms with van der Waals surface area (Å²) < 4.78 is 38.4. The number of ether oxygens (including phenoxy) is 2. The summed E-state index contributed by atoms with van der Waals surface area (Å²) in [4.78, 5) is 8.65. The number of hydrogen-bond donors (Lipinski definition) is 3. The molecule has 0 radical (unpaired) electrons. The molecule has 4 N–H and O–H groups in total. The molecule has 4 aromatic rings. The molecule has 0 amide bonds. The fourth-order valence-electron chi connectivity index (χ4n) is 2.91. The number of benzene rings is 2. The zero-order valence-corrected chi connectivity index (χ0v) is 18.0. The first-order valence-electron chi connectivity index (χ1n) is 8.85. The summed E-state index contributed by atoms with van der Waals surface area (Å²) in [6.07, 6.45) is 0. The number of sulfonamides is 1. The van der Waals surface area contributed by atoms with Gasteiger partial charge in [-0.2, -0.15) is 10.1 Å². The number of nitrogens with one attached hydrogen (secondary N) is 2. The van der Waals surface area contributed by atoms with Crippen molar-refractivity contribution in [3.8, 4) is 23.0 Å². The third-order valence-electron chi connectivity index (χ3n) is 4.42. The maximum absolute atomic E-state index is 12.8. The van der Waals surface area contributed by atoms with Crippen molar-refractivity contribution in [2.75, 3.05) is 24.7 Å². The molecular weight excluding hydrogens is 444 g/mol. The number of H-pyrrole nitrogens is 1. The minimum atomic E-state index is -3.93. The molecule has 12 heteroatoms. The monoisotopic (exact) mass is 460 g/mol. The molecule has 0 atom stereocenters. The summed E-state index contributed by atoms with van der Waals surface area (Å²) in [6, 6.07) is 10.9. The summed E-state index contributed by atoms with van der Waals surface area (Å²) in [7, 11) is -1.02. The predicted octanol–water partition coefficient (Wildman–Crippen LogP) is 3.07. The summed E-state index contributed by atoms with van der Waals surface area (Å²) in [5, 5.41) is 7.25. The minimum absolute atomic E-state index is 0.0805. The first-order chi connectivity index (χ1) is 14.8. The van der Waals surface area contributed by atoms with E-state index in [1.165, 1.54) is 26.4 Å². The average molecular weight is 461 g/mol. The van der Waals surface area contributed by atoms with Crippen LogP contribution in [0.25, 0.3) is 22.4 Å². The quantitative estimate of drug-likeness (QED) is 0.398. The second-order valence-electron chi connectivity index (χ2n) is 6.37. The van der Waals surface area contributed by atoms with Crippen molar-refractivity contribution in [3.63, 3.8) is 0 Å². The number of methoxy groups -OCH3 is 2. The zero-order valence-electron chi connectivity index (χ0n) is 16.4. The van der Waals surface area contributed by atoms with Gasteiger partial charge in [0.2, 0.25) is 5.88 Å². The van der Waals surface area contributed by atoms with Gasteiger partial charge in [-0.05, 0) is 36.4 Å². The first kappa shape index (κ1) is 20.7. The molecular formula is C19H17ClN6O4S. The van der Waals surface area contributed by atoms with Crippen LogP contribution in [0.1, 0.15) is 0 Å². The van der Waals surface area contributed by atoms with Gasteiger partial charge in [-0.25, -0.2) is 13.4 Å². The predicted molar refractivity (Wildman–Crippen MR) is 117 cm³/mol. The van der Waals surface area contributed by atoms with E-state index >= 15 is 0 Å². The molecule has 0 fully saturated rings. The smallest absolute Gasteiger partial charge is 0.263 e. The number of nitrogens with two attached hydrogens (primary N) is 1. The van der Waals surface area contributed by atoms with Crippen LogP contribution in [-0.4, -0.2) is 42.8 Å². The molecule has 2 aromatic heterocycles. The third kappa shape index (κ3) is 3.92. The van der Waals surface area contributed by atoms with E-state index in [0.29, 0.717) is 39.7 Å². The van der Waals surface area contributed by atoms with Gasteiger partial charge in [0.1, 0.15) is 21.8 Å². The highest BCUT2D eigenvalue weighted by atomic mass is 35.5. The van der Waals surface area contributed by atoms with Gasteiger partial charge in [-0.1, -0.05) is 11.6 Å². The molecule has 0 spiro atoms. The van der Waals surface area contributed by atoms with E-state index < -0.39 is 10.0 Å². The highest BCUT2D eigenvalue weighted by Crippen LogP contribution is 2.30. The second-order valence-corrected chi connectivity index (χ2v) is 8.43. The van der Waals surface area contributed by atoms with Gasteiger partial charge in [-0.3, -0.25) is 9.82 Å². The van der Waals surface area contributed by atoms with Gasteiger partial charge in [0.15, 0.2) is 11.5 Å². The molecule has 0 aliphatic rings. The Balaban J connectivity index is 1.64. The molecule has 4 rings (SSSR count). The standard InChI is InChI=1S/C19H17ClN6O4S/c1-29-12-7-8-13(20)14(9-12)31(27,28)26-11-5-3-10(4-6-11)17-22-18-15(16(21)24-25-18)19(23-17)30-2/h3-9,26H,1-2H3,(H3,21,22,23,24,25). The molecule has 0 aliphatic heterocycles. The lowest BCUT2D eigenvalue weighted by Crippen LogP contribution is -2.13. The number of fused-ring (bicyclic) bond motifs is 1. The SMILES string of the molecule is COc1ccc(Cl)c(S(=O)(=O)Nc2ccc(-c3nc(OC)c4c(N)[nH]nc4n3)cc2)c1. The normalized spacial score (nSPS) is 11.5. The van der Waals surface area contributed by atoms with Gasteiger partial charge in [0.25, 0.3) is 10.0 Å². The van der Waals surface area contributed by atoms with E-state index in [2.05, 4.69) is 24.9 Å². The Morgan fingerprint density at radius 2 is 1.81 bits per heavy atom. The van der Waals surface area contributed by atoms with Gasteiger partial charge in [0, 0.05) is 17.3 Å². The molecule has 0 saturated carbocycles. The molecule has 10 nitrogen and oxygen atoms in total. The molecule has 2 heterocycles. The van der Waals surface area contributed by atoms with Gasteiger partial charge in [-0.15, -0.1) is 0 Å². The lowest BCUT2D eigenvalue weighted by Gasteiger charge is -2.11. The fraction of sp³-hybridized carbons (Fsp3) is 0.105. The van der Waals surface area contributed by atoms with Crippen LogP contribution in [0.2, 0.25) is 5.02 Å². The Morgan fingerprint density at radius 1 is 1.06 bits per heavy atom. The van der Waals surface area contributed by atoms with Crippen LogP contribution in [0.4, 0.5) is 11.5 Å². The van der Waals surface area contributed by atoms with Crippen molar-refractivity contribution in [1.82, 2.24) is 20.2 Å². The van der Waals surface area contributed by atoms with Crippen LogP contribution in [-0.2, 0) is 10.0 Å². The largest absolute Gasteiger partial charge is 0.497 e. The topological polar surface area (TPSA) is 145 Å². The third-order valence-corrected chi connectivity index (χ3v) is 6.29.